The van der Waals surface area contributed by atoms with Crippen LogP contribution in [0.3, 0.4) is 0 Å². The number of likely N-dealkylation sites (tertiary alicyclic amines) is 1. The Bertz CT molecular complexity index is 687. The lowest BCUT2D eigenvalue weighted by atomic mass is 9.96. The third-order valence-corrected chi connectivity index (χ3v) is 4.68. The van der Waals surface area contributed by atoms with Gasteiger partial charge in [-0.2, -0.15) is 4.98 Å². The minimum absolute atomic E-state index is 0. The minimum Gasteiger partial charge on any atom is -0.337 e. The normalized spacial score (nSPS) is 21.0. The molecule has 0 saturated carbocycles. The van der Waals surface area contributed by atoms with Gasteiger partial charge < -0.3 is 14.7 Å². The summed E-state index contributed by atoms with van der Waals surface area (Å²) in [5, 5.41) is 7.26. The van der Waals surface area contributed by atoms with Crippen molar-refractivity contribution in [1.82, 2.24) is 20.4 Å². The number of amides is 1. The van der Waals surface area contributed by atoms with Gasteiger partial charge in [-0.15, -0.1) is 12.4 Å². The zero-order valence-electron chi connectivity index (χ0n) is 13.4. The van der Waals surface area contributed by atoms with Gasteiger partial charge >= 0.3 is 0 Å². The summed E-state index contributed by atoms with van der Waals surface area (Å²) in [4.78, 5) is 19.1. The van der Waals surface area contributed by atoms with Crippen molar-refractivity contribution in [3.05, 3.63) is 36.2 Å². The summed E-state index contributed by atoms with van der Waals surface area (Å²) in [5.41, 5.74) is 0.930. The predicted octanol–water partition coefficient (Wildman–Crippen LogP) is 2.43. The van der Waals surface area contributed by atoms with Crippen molar-refractivity contribution in [2.75, 3.05) is 19.6 Å². The molecule has 1 amide bonds. The molecule has 2 aliphatic heterocycles. The molecule has 3 heterocycles. The fraction of sp³-hybridized carbons (Fsp3) is 0.471. The molecule has 4 rings (SSSR count). The maximum Gasteiger partial charge on any atom is 0.249 e. The highest BCUT2D eigenvalue weighted by molar-refractivity contribution is 5.85. The van der Waals surface area contributed by atoms with E-state index < -0.39 is 0 Å². The largest absolute Gasteiger partial charge is 0.337 e. The molecule has 1 atom stereocenters. The van der Waals surface area contributed by atoms with E-state index in [1.54, 1.807) is 0 Å². The van der Waals surface area contributed by atoms with Crippen LogP contribution in [0.15, 0.2) is 34.9 Å². The first-order chi connectivity index (χ1) is 11.3. The number of piperidine rings is 1. The van der Waals surface area contributed by atoms with Crippen LogP contribution < -0.4 is 5.32 Å². The zero-order chi connectivity index (χ0) is 15.6. The number of nitrogens with zero attached hydrogens (tertiary/aromatic N) is 3. The van der Waals surface area contributed by atoms with Gasteiger partial charge in [0.2, 0.25) is 17.6 Å². The molecule has 6 nitrogen and oxygen atoms in total. The number of halogens is 1. The maximum absolute atomic E-state index is 12.6. The van der Waals surface area contributed by atoms with Gasteiger partial charge in [0.25, 0.3) is 0 Å². The number of hydrogen-bond donors (Lipinski definition) is 1. The number of aromatic nitrogens is 2. The second-order valence-corrected chi connectivity index (χ2v) is 6.22. The number of rotatable bonds is 3. The predicted molar refractivity (Wildman–Crippen MR) is 91.6 cm³/mol. The van der Waals surface area contributed by atoms with Crippen LogP contribution in [-0.2, 0) is 4.79 Å². The van der Waals surface area contributed by atoms with Gasteiger partial charge in [0.15, 0.2) is 0 Å². The van der Waals surface area contributed by atoms with E-state index in [0.29, 0.717) is 11.7 Å². The van der Waals surface area contributed by atoms with Crippen molar-refractivity contribution in [2.24, 2.45) is 5.92 Å². The topological polar surface area (TPSA) is 71.3 Å². The van der Waals surface area contributed by atoms with Crippen LogP contribution in [0.25, 0.3) is 11.4 Å². The van der Waals surface area contributed by atoms with Crippen molar-refractivity contribution in [2.45, 2.75) is 25.3 Å². The molecule has 2 aliphatic rings. The van der Waals surface area contributed by atoms with Crippen molar-refractivity contribution in [3.63, 3.8) is 0 Å². The second-order valence-electron chi connectivity index (χ2n) is 6.22. The van der Waals surface area contributed by atoms with Gasteiger partial charge in [0.1, 0.15) is 6.04 Å². The Kier molecular flexibility index (Phi) is 5.16. The minimum atomic E-state index is -0.0817. The Hall–Kier alpha value is -1.92. The van der Waals surface area contributed by atoms with E-state index in [1.807, 2.05) is 35.2 Å². The Morgan fingerprint density at radius 3 is 2.71 bits per heavy atom. The molecule has 7 heteroatoms. The molecule has 128 valence electrons. The average molecular weight is 349 g/mol. The molecule has 24 heavy (non-hydrogen) atoms. The van der Waals surface area contributed by atoms with Gasteiger partial charge in [-0.1, -0.05) is 35.5 Å². The Morgan fingerprint density at radius 1 is 1.21 bits per heavy atom. The highest BCUT2D eigenvalue weighted by Gasteiger charge is 2.37. The molecule has 0 aliphatic carbocycles. The van der Waals surface area contributed by atoms with Gasteiger partial charge in [-0.3, -0.25) is 4.79 Å². The summed E-state index contributed by atoms with van der Waals surface area (Å²) in [6.07, 6.45) is 3.02. The number of nitrogens with one attached hydrogen (secondary N) is 1. The number of carbonyl (C=O) groups is 1. The van der Waals surface area contributed by atoms with Crippen molar-refractivity contribution in [1.29, 1.82) is 0 Å². The van der Waals surface area contributed by atoms with Crippen LogP contribution in [0.1, 0.15) is 31.2 Å². The third kappa shape index (κ3) is 3.16. The Balaban J connectivity index is 0.00000169. The van der Waals surface area contributed by atoms with Crippen molar-refractivity contribution >= 4 is 18.3 Å². The van der Waals surface area contributed by atoms with Crippen LogP contribution in [0.2, 0.25) is 0 Å². The first-order valence-corrected chi connectivity index (χ1v) is 8.23. The Labute approximate surface area is 147 Å². The fourth-order valence-electron chi connectivity index (χ4n) is 3.22. The maximum atomic E-state index is 12.6. The van der Waals surface area contributed by atoms with E-state index in [2.05, 4.69) is 15.5 Å². The molecule has 1 aromatic carbocycles. The quantitative estimate of drug-likeness (QED) is 0.922. The molecule has 1 unspecified atom stereocenters. The van der Waals surface area contributed by atoms with Gasteiger partial charge in [0.05, 0.1) is 5.92 Å². The first kappa shape index (κ1) is 16.9. The molecule has 2 saturated heterocycles. The lowest BCUT2D eigenvalue weighted by Crippen LogP contribution is -2.53. The van der Waals surface area contributed by atoms with E-state index >= 15 is 0 Å². The van der Waals surface area contributed by atoms with E-state index in [-0.39, 0.29) is 30.3 Å². The highest BCUT2D eigenvalue weighted by Crippen LogP contribution is 2.32. The molecule has 1 N–H and O–H groups in total. The summed E-state index contributed by atoms with van der Waals surface area (Å²) < 4.78 is 5.50. The third-order valence-electron chi connectivity index (χ3n) is 4.68. The molecule has 0 radical (unpaired) electrons. The molecule has 2 aromatic rings. The monoisotopic (exact) mass is 348 g/mol. The van der Waals surface area contributed by atoms with Crippen LogP contribution in [-0.4, -0.2) is 40.6 Å². The molecular formula is C17H21ClN4O2. The smallest absolute Gasteiger partial charge is 0.249 e. The lowest BCUT2D eigenvalue weighted by Gasteiger charge is -2.38. The number of hydrogen-bond acceptors (Lipinski definition) is 5. The van der Waals surface area contributed by atoms with E-state index in [4.69, 9.17) is 4.52 Å². The van der Waals surface area contributed by atoms with Gasteiger partial charge in [0, 0.05) is 25.2 Å². The summed E-state index contributed by atoms with van der Waals surface area (Å²) >= 11 is 0. The first-order valence-electron chi connectivity index (χ1n) is 8.23. The van der Waals surface area contributed by atoms with Crippen molar-refractivity contribution in [3.8, 4) is 11.4 Å². The molecule has 1 aromatic heterocycles. The summed E-state index contributed by atoms with van der Waals surface area (Å²) in [6.45, 7) is 2.34. The highest BCUT2D eigenvalue weighted by atomic mass is 35.5. The lowest BCUT2D eigenvalue weighted by molar-refractivity contribution is -0.141. The van der Waals surface area contributed by atoms with Gasteiger partial charge in [-0.05, 0) is 19.3 Å². The summed E-state index contributed by atoms with van der Waals surface area (Å²) in [7, 11) is 0. The molecular weight excluding hydrogens is 328 g/mol. The fourth-order valence-corrected chi connectivity index (χ4v) is 3.22. The van der Waals surface area contributed by atoms with Crippen molar-refractivity contribution < 1.29 is 9.32 Å². The van der Waals surface area contributed by atoms with E-state index in [0.717, 1.165) is 44.5 Å². The number of carbonyl (C=O) groups excluding carboxylic acids is 1. The zero-order valence-corrected chi connectivity index (χ0v) is 14.2. The van der Waals surface area contributed by atoms with E-state index in [1.165, 1.54) is 0 Å². The molecule has 0 spiro atoms. The van der Waals surface area contributed by atoms with Crippen LogP contribution in [0.5, 0.6) is 0 Å². The van der Waals surface area contributed by atoms with E-state index in [9.17, 15) is 4.79 Å². The molecule has 2 fully saturated rings. The standard InChI is InChI=1S/C17H20N4O2.ClH/c22-17(13-10-18-11-13)21-9-5-4-8-14(21)16-19-15(20-23-16)12-6-2-1-3-7-12;/h1-3,6-7,13-14,18H,4-5,8-11H2;1H. The number of benzene rings is 1. The van der Waals surface area contributed by atoms with Crippen LogP contribution in [0.4, 0.5) is 0 Å². The molecule has 0 bridgehead atoms. The second kappa shape index (κ2) is 7.32. The summed E-state index contributed by atoms with van der Waals surface area (Å²) in [6, 6.07) is 9.69. The van der Waals surface area contributed by atoms with Crippen LogP contribution >= 0.6 is 12.4 Å². The van der Waals surface area contributed by atoms with Gasteiger partial charge in [-0.25, -0.2) is 0 Å². The Morgan fingerprint density at radius 2 is 2.00 bits per heavy atom. The SMILES string of the molecule is Cl.O=C(C1CNC1)N1CCCCC1c1nc(-c2ccccc2)no1. The average Bonchev–Trinajstić information content (AvgIpc) is 3.04. The summed E-state index contributed by atoms with van der Waals surface area (Å²) in [5.74, 6) is 1.47. The van der Waals surface area contributed by atoms with Crippen LogP contribution in [0, 0.1) is 5.92 Å².